The minimum absolute atomic E-state index is 0.0928. The zero-order valence-corrected chi connectivity index (χ0v) is 15.5. The van der Waals surface area contributed by atoms with Crippen LogP contribution in [0.5, 0.6) is 5.75 Å². The molecule has 2 N–H and O–H groups in total. The first-order valence-corrected chi connectivity index (χ1v) is 9.06. The smallest absolute Gasteiger partial charge is 0.265 e. The summed E-state index contributed by atoms with van der Waals surface area (Å²) in [7, 11) is 0. The maximum absolute atomic E-state index is 13.5. The van der Waals surface area contributed by atoms with Gasteiger partial charge in [-0.15, -0.1) is 0 Å². The molecule has 0 aliphatic carbocycles. The summed E-state index contributed by atoms with van der Waals surface area (Å²) in [5.74, 6) is -0.872. The first kappa shape index (κ1) is 20.0. The minimum Gasteiger partial charge on any atom is -0.476 e. The molecule has 7 heteroatoms. The van der Waals surface area contributed by atoms with Gasteiger partial charge in [-0.3, -0.25) is 14.6 Å². The second-order valence-corrected chi connectivity index (χ2v) is 6.19. The van der Waals surface area contributed by atoms with Crippen LogP contribution in [0.15, 0.2) is 79.1 Å². The summed E-state index contributed by atoms with van der Waals surface area (Å²) in [6.45, 7) is 0.131. The van der Waals surface area contributed by atoms with Crippen LogP contribution in [0.3, 0.4) is 0 Å². The van der Waals surface area contributed by atoms with Gasteiger partial charge in [0, 0.05) is 42.7 Å². The van der Waals surface area contributed by atoms with Crippen molar-refractivity contribution < 1.29 is 18.7 Å². The molecule has 29 heavy (non-hydrogen) atoms. The lowest BCUT2D eigenvalue weighted by atomic mass is 10.1. The Balaban J connectivity index is 1.60. The van der Waals surface area contributed by atoms with Gasteiger partial charge >= 0.3 is 0 Å². The standard InChI is InChI=1S/C22H20FN3O3/c23-17-7-4-8-19(15-17)29-21(16-5-2-1-3-6-16)22(28)25-14-11-20(27)26-18-9-12-24-13-10-18/h1-10,12-13,15,21H,11,14H2,(H,25,28)(H,24,26,27). The van der Waals surface area contributed by atoms with E-state index in [9.17, 15) is 14.0 Å². The molecular formula is C22H20FN3O3. The fourth-order valence-electron chi connectivity index (χ4n) is 2.63. The molecule has 0 bridgehead atoms. The van der Waals surface area contributed by atoms with Gasteiger partial charge in [0.05, 0.1) is 0 Å². The van der Waals surface area contributed by atoms with Crippen LogP contribution in [0.1, 0.15) is 18.1 Å². The Morgan fingerprint density at radius 1 is 1.00 bits per heavy atom. The molecule has 0 saturated carbocycles. The molecule has 3 aromatic rings. The van der Waals surface area contributed by atoms with Gasteiger partial charge in [-0.25, -0.2) is 4.39 Å². The van der Waals surface area contributed by atoms with Crippen molar-refractivity contribution in [3.8, 4) is 5.75 Å². The van der Waals surface area contributed by atoms with Gasteiger partial charge in [-0.2, -0.15) is 0 Å². The van der Waals surface area contributed by atoms with Crippen molar-refractivity contribution in [2.45, 2.75) is 12.5 Å². The quantitative estimate of drug-likeness (QED) is 0.614. The van der Waals surface area contributed by atoms with Gasteiger partial charge in [0.15, 0.2) is 0 Å². The van der Waals surface area contributed by atoms with Crippen molar-refractivity contribution >= 4 is 17.5 Å². The van der Waals surface area contributed by atoms with E-state index in [0.29, 0.717) is 11.3 Å². The molecule has 1 unspecified atom stereocenters. The second kappa shape index (κ2) is 9.98. The van der Waals surface area contributed by atoms with Crippen molar-refractivity contribution in [2.24, 2.45) is 0 Å². The number of nitrogens with zero attached hydrogens (tertiary/aromatic N) is 1. The van der Waals surface area contributed by atoms with Crippen LogP contribution in [-0.4, -0.2) is 23.3 Å². The number of aromatic nitrogens is 1. The van der Waals surface area contributed by atoms with E-state index in [1.165, 1.54) is 18.2 Å². The topological polar surface area (TPSA) is 80.3 Å². The number of rotatable bonds is 8. The van der Waals surface area contributed by atoms with Crippen LogP contribution >= 0.6 is 0 Å². The van der Waals surface area contributed by atoms with Crippen LogP contribution in [-0.2, 0) is 9.59 Å². The molecule has 0 saturated heterocycles. The molecule has 0 spiro atoms. The Hall–Kier alpha value is -3.74. The number of nitrogens with one attached hydrogen (secondary N) is 2. The largest absolute Gasteiger partial charge is 0.476 e. The van der Waals surface area contributed by atoms with Crippen molar-refractivity contribution in [1.29, 1.82) is 0 Å². The average Bonchev–Trinajstić information content (AvgIpc) is 2.73. The SMILES string of the molecule is O=C(CCNC(=O)C(Oc1cccc(F)c1)c1ccccc1)Nc1ccncc1. The average molecular weight is 393 g/mol. The van der Waals surface area contributed by atoms with Gasteiger partial charge in [0.2, 0.25) is 12.0 Å². The predicted molar refractivity (Wildman–Crippen MR) is 107 cm³/mol. The lowest BCUT2D eigenvalue weighted by molar-refractivity contribution is -0.128. The zero-order valence-electron chi connectivity index (χ0n) is 15.5. The fraction of sp³-hybridized carbons (Fsp3) is 0.136. The van der Waals surface area contributed by atoms with E-state index in [2.05, 4.69) is 15.6 Å². The van der Waals surface area contributed by atoms with Crippen LogP contribution in [0.2, 0.25) is 0 Å². The van der Waals surface area contributed by atoms with Crippen LogP contribution in [0, 0.1) is 5.82 Å². The molecule has 3 rings (SSSR count). The number of anilines is 1. The number of benzene rings is 2. The fourth-order valence-corrected chi connectivity index (χ4v) is 2.63. The van der Waals surface area contributed by atoms with E-state index in [0.717, 1.165) is 0 Å². The highest BCUT2D eigenvalue weighted by Gasteiger charge is 2.22. The molecule has 1 atom stereocenters. The molecule has 0 aliphatic heterocycles. The summed E-state index contributed by atoms with van der Waals surface area (Å²) < 4.78 is 19.2. The van der Waals surface area contributed by atoms with E-state index in [1.807, 2.05) is 6.07 Å². The van der Waals surface area contributed by atoms with E-state index in [4.69, 9.17) is 4.74 Å². The van der Waals surface area contributed by atoms with Crippen LogP contribution in [0.25, 0.3) is 0 Å². The first-order chi connectivity index (χ1) is 14.1. The van der Waals surface area contributed by atoms with Crippen molar-refractivity contribution in [3.05, 3.63) is 90.5 Å². The molecule has 0 aliphatic rings. The molecule has 2 amide bonds. The molecule has 1 aromatic heterocycles. The molecule has 0 fully saturated rings. The normalized spacial score (nSPS) is 11.3. The lowest BCUT2D eigenvalue weighted by Gasteiger charge is -2.19. The Labute approximate surface area is 167 Å². The Morgan fingerprint density at radius 3 is 2.48 bits per heavy atom. The monoisotopic (exact) mass is 393 g/mol. The van der Waals surface area contributed by atoms with E-state index < -0.39 is 17.8 Å². The molecule has 1 heterocycles. The Kier molecular flexibility index (Phi) is 6.89. The van der Waals surface area contributed by atoms with Crippen molar-refractivity contribution in [2.75, 3.05) is 11.9 Å². The highest BCUT2D eigenvalue weighted by Crippen LogP contribution is 2.23. The van der Waals surface area contributed by atoms with E-state index in [-0.39, 0.29) is 24.6 Å². The Morgan fingerprint density at radius 2 is 1.76 bits per heavy atom. The third kappa shape index (κ3) is 6.14. The molecule has 0 radical (unpaired) electrons. The van der Waals surface area contributed by atoms with Gasteiger partial charge in [-0.1, -0.05) is 36.4 Å². The first-order valence-electron chi connectivity index (χ1n) is 9.06. The number of hydrogen-bond acceptors (Lipinski definition) is 4. The lowest BCUT2D eigenvalue weighted by Crippen LogP contribution is -2.34. The maximum Gasteiger partial charge on any atom is 0.265 e. The van der Waals surface area contributed by atoms with Crippen molar-refractivity contribution in [1.82, 2.24) is 10.3 Å². The third-order valence-electron chi connectivity index (χ3n) is 4.01. The third-order valence-corrected chi connectivity index (χ3v) is 4.01. The van der Waals surface area contributed by atoms with Gasteiger partial charge in [0.1, 0.15) is 11.6 Å². The summed E-state index contributed by atoms with van der Waals surface area (Å²) in [5.41, 5.74) is 1.25. The summed E-state index contributed by atoms with van der Waals surface area (Å²) in [4.78, 5) is 28.6. The number of ether oxygens (including phenoxy) is 1. The van der Waals surface area contributed by atoms with Gasteiger partial charge < -0.3 is 15.4 Å². The van der Waals surface area contributed by atoms with Crippen molar-refractivity contribution in [3.63, 3.8) is 0 Å². The number of amides is 2. The summed E-state index contributed by atoms with van der Waals surface area (Å²) in [6, 6.07) is 17.8. The van der Waals surface area contributed by atoms with Crippen LogP contribution < -0.4 is 15.4 Å². The summed E-state index contributed by atoms with van der Waals surface area (Å²) in [5, 5.41) is 5.42. The van der Waals surface area contributed by atoms with E-state index >= 15 is 0 Å². The second-order valence-electron chi connectivity index (χ2n) is 6.19. The molecular weight excluding hydrogens is 373 g/mol. The number of carbonyl (C=O) groups excluding carboxylic acids is 2. The minimum atomic E-state index is -0.971. The predicted octanol–water partition coefficient (Wildman–Crippen LogP) is 3.49. The highest BCUT2D eigenvalue weighted by molar-refractivity contribution is 5.91. The molecule has 6 nitrogen and oxygen atoms in total. The summed E-state index contributed by atoms with van der Waals surface area (Å²) >= 11 is 0. The highest BCUT2D eigenvalue weighted by atomic mass is 19.1. The van der Waals surface area contributed by atoms with Gasteiger partial charge in [0.25, 0.3) is 5.91 Å². The number of hydrogen-bond donors (Lipinski definition) is 2. The van der Waals surface area contributed by atoms with E-state index in [1.54, 1.807) is 54.9 Å². The number of halogens is 1. The number of carbonyl (C=O) groups is 2. The molecule has 2 aromatic carbocycles. The number of pyridine rings is 1. The van der Waals surface area contributed by atoms with Gasteiger partial charge in [-0.05, 0) is 24.3 Å². The molecule has 148 valence electrons. The zero-order chi connectivity index (χ0) is 20.5. The summed E-state index contributed by atoms with van der Waals surface area (Å²) in [6.07, 6.45) is 2.27. The van der Waals surface area contributed by atoms with Crippen LogP contribution in [0.4, 0.5) is 10.1 Å². The maximum atomic E-state index is 13.5. The Bertz CT molecular complexity index is 952.